The summed E-state index contributed by atoms with van der Waals surface area (Å²) in [6.07, 6.45) is 2.44. The number of methoxy groups -OCH3 is 2. The van der Waals surface area contributed by atoms with Crippen LogP contribution in [0.4, 0.5) is 0 Å². The quantitative estimate of drug-likeness (QED) is 0.284. The smallest absolute Gasteiger partial charge is 0.175 e. The number of rotatable bonds is 10. The Morgan fingerprint density at radius 2 is 1.71 bits per heavy atom. The SMILES string of the molecule is COc1cccc(OC)c1-n1c(CS(=O)(=O)C[C@H](O)c2ccc(C#N)cc2S(C)(=O)=O)nnc1-c1cncc(C)c1. The maximum absolute atomic E-state index is 13.4. The summed E-state index contributed by atoms with van der Waals surface area (Å²) in [5.74, 6) is -0.485. The minimum absolute atomic E-state index is 0.000305. The molecule has 12 nitrogen and oxygen atoms in total. The summed E-state index contributed by atoms with van der Waals surface area (Å²) in [6.45, 7) is 1.85. The van der Waals surface area contributed by atoms with E-state index in [-0.39, 0.29) is 27.7 Å². The fourth-order valence-corrected chi connectivity index (χ4v) is 6.68. The van der Waals surface area contributed by atoms with E-state index >= 15 is 0 Å². The van der Waals surface area contributed by atoms with Gasteiger partial charge in [-0.1, -0.05) is 12.1 Å². The average Bonchev–Trinajstić information content (AvgIpc) is 3.33. The van der Waals surface area contributed by atoms with E-state index in [4.69, 9.17) is 14.7 Å². The molecule has 0 saturated heterocycles. The number of aryl methyl sites for hydroxylation is 1. The number of hydrogen-bond acceptors (Lipinski definition) is 11. The minimum atomic E-state index is -4.14. The molecule has 2 aromatic carbocycles. The van der Waals surface area contributed by atoms with E-state index in [1.165, 1.54) is 30.9 Å². The molecule has 214 valence electrons. The van der Waals surface area contributed by atoms with Crippen LogP contribution in [-0.4, -0.2) is 67.9 Å². The number of ether oxygens (including phenoxy) is 2. The first kappa shape index (κ1) is 29.7. The number of nitriles is 1. The summed E-state index contributed by atoms with van der Waals surface area (Å²) in [6, 6.07) is 12.4. The van der Waals surface area contributed by atoms with Crippen molar-refractivity contribution in [2.45, 2.75) is 23.7 Å². The van der Waals surface area contributed by atoms with E-state index in [0.717, 1.165) is 17.9 Å². The molecule has 1 atom stereocenters. The Hall–Kier alpha value is -4.32. The zero-order valence-electron chi connectivity index (χ0n) is 22.6. The number of para-hydroxylation sites is 1. The third kappa shape index (κ3) is 6.37. The lowest BCUT2D eigenvalue weighted by atomic mass is 10.1. The second kappa shape index (κ2) is 11.7. The summed E-state index contributed by atoms with van der Waals surface area (Å²) in [5.41, 5.74) is 1.68. The molecule has 4 aromatic rings. The first-order valence-electron chi connectivity index (χ1n) is 12.1. The van der Waals surface area contributed by atoms with Crippen molar-refractivity contribution in [2.75, 3.05) is 26.2 Å². The summed E-state index contributed by atoms with van der Waals surface area (Å²) in [7, 11) is -5.10. The zero-order valence-corrected chi connectivity index (χ0v) is 24.3. The first-order valence-corrected chi connectivity index (χ1v) is 15.8. The molecule has 0 saturated carbocycles. The van der Waals surface area contributed by atoms with Crippen molar-refractivity contribution >= 4 is 19.7 Å². The van der Waals surface area contributed by atoms with Gasteiger partial charge in [0.15, 0.2) is 31.3 Å². The van der Waals surface area contributed by atoms with Crippen LogP contribution in [-0.2, 0) is 25.4 Å². The molecule has 2 heterocycles. The fourth-order valence-electron chi connectivity index (χ4n) is 4.35. The number of pyridine rings is 1. The highest BCUT2D eigenvalue weighted by atomic mass is 32.2. The standard InChI is InChI=1S/C27H27N5O7S2/c1-17-10-19(14-29-13-17)27-31-30-25(32(27)26-22(38-2)6-5-7-23(26)39-3)16-41(36,37)15-21(33)20-9-8-18(12-28)11-24(20)40(4,34)35/h5-11,13-14,21,33H,15-16H2,1-4H3/t21-/m0/s1. The van der Waals surface area contributed by atoms with Crippen LogP contribution >= 0.6 is 0 Å². The number of nitrogens with zero attached hydrogens (tertiary/aromatic N) is 5. The van der Waals surface area contributed by atoms with Crippen LogP contribution in [0.15, 0.2) is 59.8 Å². The lowest BCUT2D eigenvalue weighted by Crippen LogP contribution is -2.20. The number of sulfone groups is 2. The predicted octanol–water partition coefficient (Wildman–Crippen LogP) is 2.58. The molecule has 0 aliphatic heterocycles. The fraction of sp³-hybridized carbons (Fsp3) is 0.259. The molecule has 0 aliphatic rings. The topological polar surface area (TPSA) is 174 Å². The number of hydrogen-bond donors (Lipinski definition) is 1. The highest BCUT2D eigenvalue weighted by molar-refractivity contribution is 7.91. The van der Waals surface area contributed by atoms with Gasteiger partial charge < -0.3 is 14.6 Å². The van der Waals surface area contributed by atoms with Crippen LogP contribution in [0, 0.1) is 18.3 Å². The van der Waals surface area contributed by atoms with Gasteiger partial charge in [0.2, 0.25) is 0 Å². The predicted molar refractivity (Wildman–Crippen MR) is 149 cm³/mol. The largest absolute Gasteiger partial charge is 0.494 e. The highest BCUT2D eigenvalue weighted by Crippen LogP contribution is 2.37. The second-order valence-corrected chi connectivity index (χ2v) is 13.3. The summed E-state index contributed by atoms with van der Waals surface area (Å²) in [4.78, 5) is 3.89. The van der Waals surface area contributed by atoms with Crippen molar-refractivity contribution in [3.8, 4) is 34.6 Å². The zero-order chi connectivity index (χ0) is 29.9. The Morgan fingerprint density at radius 3 is 2.29 bits per heavy atom. The molecular formula is C27H27N5O7S2. The van der Waals surface area contributed by atoms with E-state index in [9.17, 15) is 21.9 Å². The van der Waals surface area contributed by atoms with Crippen molar-refractivity contribution in [2.24, 2.45) is 0 Å². The van der Waals surface area contributed by atoms with Gasteiger partial charge >= 0.3 is 0 Å². The van der Waals surface area contributed by atoms with Crippen molar-refractivity contribution in [1.82, 2.24) is 19.7 Å². The number of aliphatic hydroxyl groups is 1. The van der Waals surface area contributed by atoms with Crippen LogP contribution in [0.5, 0.6) is 11.5 Å². The molecule has 2 aromatic heterocycles. The van der Waals surface area contributed by atoms with E-state index in [1.54, 1.807) is 30.6 Å². The monoisotopic (exact) mass is 597 g/mol. The number of aliphatic hydroxyl groups excluding tert-OH is 1. The third-order valence-corrected chi connectivity index (χ3v) is 8.82. The molecule has 0 spiro atoms. The van der Waals surface area contributed by atoms with Crippen molar-refractivity contribution in [3.05, 3.63) is 77.4 Å². The molecule has 0 unspecified atom stereocenters. The molecule has 0 fully saturated rings. The molecule has 0 bridgehead atoms. The van der Waals surface area contributed by atoms with Crippen LogP contribution < -0.4 is 9.47 Å². The molecule has 4 rings (SSSR count). The normalized spacial score (nSPS) is 12.5. The van der Waals surface area contributed by atoms with Crippen LogP contribution in [0.2, 0.25) is 0 Å². The molecule has 1 N–H and O–H groups in total. The Balaban J connectivity index is 1.81. The van der Waals surface area contributed by atoms with Gasteiger partial charge in [0, 0.05) is 29.8 Å². The summed E-state index contributed by atoms with van der Waals surface area (Å²) in [5, 5.41) is 28.5. The minimum Gasteiger partial charge on any atom is -0.494 e. The Kier molecular flexibility index (Phi) is 8.43. The van der Waals surface area contributed by atoms with Crippen LogP contribution in [0.25, 0.3) is 17.1 Å². The molecule has 0 radical (unpaired) electrons. The van der Waals surface area contributed by atoms with Crippen molar-refractivity contribution in [1.29, 1.82) is 5.26 Å². The Labute approximate surface area is 237 Å². The van der Waals surface area contributed by atoms with Crippen LogP contribution in [0.3, 0.4) is 0 Å². The van der Waals surface area contributed by atoms with E-state index in [0.29, 0.717) is 22.7 Å². The lowest BCUT2D eigenvalue weighted by molar-refractivity contribution is 0.198. The van der Waals surface area contributed by atoms with Crippen molar-refractivity contribution < 1.29 is 31.4 Å². The molecule has 0 aliphatic carbocycles. The molecule has 14 heteroatoms. The van der Waals surface area contributed by atoms with E-state index in [1.807, 2.05) is 19.1 Å². The maximum Gasteiger partial charge on any atom is 0.175 e. The highest BCUT2D eigenvalue weighted by Gasteiger charge is 2.29. The van der Waals surface area contributed by atoms with Gasteiger partial charge in [0.25, 0.3) is 0 Å². The van der Waals surface area contributed by atoms with Gasteiger partial charge in [-0.3, -0.25) is 9.55 Å². The van der Waals surface area contributed by atoms with Gasteiger partial charge in [0.05, 0.1) is 42.6 Å². The average molecular weight is 598 g/mol. The summed E-state index contributed by atoms with van der Waals surface area (Å²) >= 11 is 0. The summed E-state index contributed by atoms with van der Waals surface area (Å²) < 4.78 is 64.2. The molecular weight excluding hydrogens is 570 g/mol. The Bertz CT molecular complexity index is 1840. The number of aromatic nitrogens is 4. The van der Waals surface area contributed by atoms with Crippen LogP contribution in [0.1, 0.15) is 28.6 Å². The maximum atomic E-state index is 13.4. The first-order chi connectivity index (χ1) is 19.4. The van der Waals surface area contributed by atoms with Gasteiger partial charge in [-0.25, -0.2) is 16.8 Å². The number of benzene rings is 2. The van der Waals surface area contributed by atoms with Gasteiger partial charge in [-0.05, 0) is 42.8 Å². The molecule has 41 heavy (non-hydrogen) atoms. The van der Waals surface area contributed by atoms with Gasteiger partial charge in [-0.15, -0.1) is 10.2 Å². The van der Waals surface area contributed by atoms with E-state index < -0.39 is 37.3 Å². The van der Waals surface area contributed by atoms with E-state index in [2.05, 4.69) is 15.2 Å². The Morgan fingerprint density at radius 1 is 1.02 bits per heavy atom. The second-order valence-electron chi connectivity index (χ2n) is 9.24. The van der Waals surface area contributed by atoms with Gasteiger partial charge in [0.1, 0.15) is 22.9 Å². The third-order valence-electron chi connectivity index (χ3n) is 6.15. The lowest BCUT2D eigenvalue weighted by Gasteiger charge is -2.18. The molecule has 0 amide bonds. The van der Waals surface area contributed by atoms with Crippen molar-refractivity contribution in [3.63, 3.8) is 0 Å². The van der Waals surface area contributed by atoms with Gasteiger partial charge in [-0.2, -0.15) is 5.26 Å².